The predicted molar refractivity (Wildman–Crippen MR) is 62.1 cm³/mol. The summed E-state index contributed by atoms with van der Waals surface area (Å²) in [6.07, 6.45) is 3.58. The Morgan fingerprint density at radius 3 is 2.73 bits per heavy atom. The Bertz CT molecular complexity index is 253. The molecule has 0 amide bonds. The Morgan fingerprint density at radius 2 is 2.07 bits per heavy atom. The molecule has 84 valence electrons. The highest BCUT2D eigenvalue weighted by Crippen LogP contribution is 2.01. The van der Waals surface area contributed by atoms with Crippen LogP contribution in [0.25, 0.3) is 0 Å². The predicted octanol–water partition coefficient (Wildman–Crippen LogP) is 1.07. The number of hydrogen-bond donors (Lipinski definition) is 1. The van der Waals surface area contributed by atoms with Gasteiger partial charge in [0.05, 0.1) is 6.61 Å². The second-order valence-electron chi connectivity index (χ2n) is 3.46. The van der Waals surface area contributed by atoms with Gasteiger partial charge in [0.1, 0.15) is 0 Å². The maximum Gasteiger partial charge on any atom is 0.0589 e. The van der Waals surface area contributed by atoms with E-state index in [4.69, 9.17) is 4.74 Å². The highest BCUT2D eigenvalue weighted by Gasteiger charge is 1.96. The molecule has 0 radical (unpaired) electrons. The average Bonchev–Trinajstić information content (AvgIpc) is 2.28. The van der Waals surface area contributed by atoms with Gasteiger partial charge in [-0.1, -0.05) is 0 Å². The summed E-state index contributed by atoms with van der Waals surface area (Å²) >= 11 is 0. The topological polar surface area (TPSA) is 37.4 Å². The van der Waals surface area contributed by atoms with Crippen molar-refractivity contribution >= 4 is 5.69 Å². The average molecular weight is 209 g/mol. The number of methoxy groups -OCH3 is 1. The molecule has 0 saturated carbocycles. The first-order valence-electron chi connectivity index (χ1n) is 5.14. The summed E-state index contributed by atoms with van der Waals surface area (Å²) in [7, 11) is 3.82. The molecule has 0 unspecified atom stereocenters. The van der Waals surface area contributed by atoms with Crippen LogP contribution in [0.1, 0.15) is 0 Å². The van der Waals surface area contributed by atoms with Gasteiger partial charge in [0.2, 0.25) is 0 Å². The maximum atomic E-state index is 5.01. The van der Waals surface area contributed by atoms with Gasteiger partial charge in [0, 0.05) is 44.8 Å². The number of ether oxygens (including phenoxy) is 1. The molecule has 0 bridgehead atoms. The fraction of sp³-hybridized carbons (Fsp3) is 0.545. The minimum atomic E-state index is 0.783. The highest BCUT2D eigenvalue weighted by atomic mass is 16.5. The minimum Gasteiger partial charge on any atom is -0.384 e. The van der Waals surface area contributed by atoms with Crippen LogP contribution in [-0.2, 0) is 4.74 Å². The van der Waals surface area contributed by atoms with Gasteiger partial charge >= 0.3 is 0 Å². The van der Waals surface area contributed by atoms with Gasteiger partial charge in [-0.3, -0.25) is 4.98 Å². The third-order valence-electron chi connectivity index (χ3n) is 2.18. The van der Waals surface area contributed by atoms with Crippen LogP contribution >= 0.6 is 0 Å². The zero-order valence-corrected chi connectivity index (χ0v) is 9.44. The Morgan fingerprint density at radius 1 is 1.33 bits per heavy atom. The van der Waals surface area contributed by atoms with Crippen LogP contribution in [0.3, 0.4) is 0 Å². The molecule has 4 nitrogen and oxygen atoms in total. The minimum absolute atomic E-state index is 0.783. The quantitative estimate of drug-likeness (QED) is 0.729. The van der Waals surface area contributed by atoms with Gasteiger partial charge in [-0.25, -0.2) is 0 Å². The molecule has 4 heteroatoms. The van der Waals surface area contributed by atoms with Crippen molar-refractivity contribution in [3.05, 3.63) is 24.5 Å². The van der Waals surface area contributed by atoms with E-state index in [0.717, 1.165) is 31.9 Å². The lowest BCUT2D eigenvalue weighted by molar-refractivity contribution is 0.163. The van der Waals surface area contributed by atoms with Crippen molar-refractivity contribution in [3.63, 3.8) is 0 Å². The number of nitrogens with zero attached hydrogens (tertiary/aromatic N) is 2. The molecule has 0 fully saturated rings. The van der Waals surface area contributed by atoms with Crippen LogP contribution in [0.4, 0.5) is 5.69 Å². The van der Waals surface area contributed by atoms with E-state index < -0.39 is 0 Å². The standard InChI is InChI=1S/C11H19N3O/c1-14(9-10-15-2)8-7-13-11-3-5-12-6-4-11/h3-6H,7-10H2,1-2H3,(H,12,13). The van der Waals surface area contributed by atoms with Crippen molar-refractivity contribution < 1.29 is 4.74 Å². The van der Waals surface area contributed by atoms with Crippen molar-refractivity contribution in [2.24, 2.45) is 0 Å². The number of pyridine rings is 1. The SMILES string of the molecule is COCCN(C)CCNc1ccncc1. The van der Waals surface area contributed by atoms with E-state index in [1.54, 1.807) is 19.5 Å². The van der Waals surface area contributed by atoms with Gasteiger partial charge in [-0.2, -0.15) is 0 Å². The Kier molecular flexibility index (Phi) is 5.73. The van der Waals surface area contributed by atoms with Crippen LogP contribution in [-0.4, -0.2) is 50.3 Å². The zero-order chi connectivity index (χ0) is 10.9. The van der Waals surface area contributed by atoms with E-state index in [0.29, 0.717) is 0 Å². The summed E-state index contributed by atoms with van der Waals surface area (Å²) in [5, 5.41) is 3.33. The van der Waals surface area contributed by atoms with Gasteiger partial charge in [0.15, 0.2) is 0 Å². The highest BCUT2D eigenvalue weighted by molar-refractivity contribution is 5.40. The van der Waals surface area contributed by atoms with Gasteiger partial charge in [-0.15, -0.1) is 0 Å². The summed E-state index contributed by atoms with van der Waals surface area (Å²) in [5.74, 6) is 0. The smallest absolute Gasteiger partial charge is 0.0589 e. The number of hydrogen-bond acceptors (Lipinski definition) is 4. The van der Waals surface area contributed by atoms with Gasteiger partial charge < -0.3 is 15.0 Å². The monoisotopic (exact) mass is 209 g/mol. The third-order valence-corrected chi connectivity index (χ3v) is 2.18. The lowest BCUT2D eigenvalue weighted by Gasteiger charge is -2.16. The van der Waals surface area contributed by atoms with Crippen molar-refractivity contribution in [1.29, 1.82) is 0 Å². The fourth-order valence-corrected chi connectivity index (χ4v) is 1.22. The molecule has 0 aliphatic heterocycles. The summed E-state index contributed by atoms with van der Waals surface area (Å²) < 4.78 is 5.01. The van der Waals surface area contributed by atoms with Crippen molar-refractivity contribution in [1.82, 2.24) is 9.88 Å². The first-order valence-corrected chi connectivity index (χ1v) is 5.14. The number of rotatable bonds is 7. The number of likely N-dealkylation sites (N-methyl/N-ethyl adjacent to an activating group) is 1. The molecule has 0 atom stereocenters. The van der Waals surface area contributed by atoms with E-state index in [9.17, 15) is 0 Å². The molecule has 0 spiro atoms. The Labute approximate surface area is 91.3 Å². The van der Waals surface area contributed by atoms with Crippen LogP contribution in [0.5, 0.6) is 0 Å². The number of aromatic nitrogens is 1. The Balaban J connectivity index is 2.11. The van der Waals surface area contributed by atoms with Crippen LogP contribution in [0.15, 0.2) is 24.5 Å². The molecule has 0 aromatic carbocycles. The number of nitrogens with one attached hydrogen (secondary N) is 1. The van der Waals surface area contributed by atoms with Crippen molar-refractivity contribution in [3.8, 4) is 0 Å². The summed E-state index contributed by atoms with van der Waals surface area (Å²) in [6.45, 7) is 3.69. The molecule has 1 aromatic rings. The van der Waals surface area contributed by atoms with E-state index in [-0.39, 0.29) is 0 Å². The molecule has 1 heterocycles. The Hall–Kier alpha value is -1.13. The van der Waals surface area contributed by atoms with Crippen LogP contribution in [0, 0.1) is 0 Å². The lowest BCUT2D eigenvalue weighted by atomic mass is 10.4. The third kappa shape index (κ3) is 5.34. The molecular weight excluding hydrogens is 190 g/mol. The molecule has 1 N–H and O–H groups in total. The van der Waals surface area contributed by atoms with E-state index in [2.05, 4.69) is 22.2 Å². The molecule has 1 aromatic heterocycles. The van der Waals surface area contributed by atoms with Crippen molar-refractivity contribution in [2.75, 3.05) is 45.7 Å². The van der Waals surface area contributed by atoms with Gasteiger partial charge in [0.25, 0.3) is 0 Å². The lowest BCUT2D eigenvalue weighted by Crippen LogP contribution is -2.28. The normalized spacial score (nSPS) is 10.6. The summed E-state index contributed by atoms with van der Waals surface area (Å²) in [6, 6.07) is 3.93. The second kappa shape index (κ2) is 7.20. The molecule has 1 rings (SSSR count). The first kappa shape index (κ1) is 11.9. The number of anilines is 1. The van der Waals surface area contributed by atoms with Crippen LogP contribution in [0.2, 0.25) is 0 Å². The first-order chi connectivity index (χ1) is 7.33. The van der Waals surface area contributed by atoms with E-state index in [1.165, 1.54) is 0 Å². The zero-order valence-electron chi connectivity index (χ0n) is 9.44. The summed E-state index contributed by atoms with van der Waals surface area (Å²) in [5.41, 5.74) is 1.12. The fourth-order valence-electron chi connectivity index (χ4n) is 1.22. The van der Waals surface area contributed by atoms with E-state index in [1.807, 2.05) is 12.1 Å². The molecular formula is C11H19N3O. The maximum absolute atomic E-state index is 5.01. The second-order valence-corrected chi connectivity index (χ2v) is 3.46. The molecule has 0 aliphatic rings. The molecule has 15 heavy (non-hydrogen) atoms. The van der Waals surface area contributed by atoms with E-state index >= 15 is 0 Å². The summed E-state index contributed by atoms with van der Waals surface area (Å²) in [4.78, 5) is 6.20. The van der Waals surface area contributed by atoms with Crippen LogP contribution < -0.4 is 5.32 Å². The van der Waals surface area contributed by atoms with Crippen molar-refractivity contribution in [2.45, 2.75) is 0 Å². The molecule has 0 aliphatic carbocycles. The van der Waals surface area contributed by atoms with Gasteiger partial charge in [-0.05, 0) is 19.2 Å². The molecule has 0 saturated heterocycles. The largest absolute Gasteiger partial charge is 0.384 e.